The third-order valence-electron chi connectivity index (χ3n) is 4.86. The summed E-state index contributed by atoms with van der Waals surface area (Å²) in [4.78, 5) is 13.0. The number of nitrogens with zero attached hydrogens (tertiary/aromatic N) is 5. The molecule has 4 aromatic rings. The summed E-state index contributed by atoms with van der Waals surface area (Å²) in [5.41, 5.74) is 1.05. The molecule has 3 aromatic heterocycles. The molecule has 3 heterocycles. The summed E-state index contributed by atoms with van der Waals surface area (Å²) in [6, 6.07) is 7.63. The molecule has 0 saturated carbocycles. The number of rotatable bonds is 9. The highest BCUT2D eigenvalue weighted by Gasteiger charge is 2.21. The molecule has 1 aromatic carbocycles. The fourth-order valence-corrected chi connectivity index (χ4v) is 3.55. The number of benzene rings is 1. The highest BCUT2D eigenvalue weighted by atomic mass is 32.2. The third kappa shape index (κ3) is 5.34. The number of pyridine rings is 1. The topological polar surface area (TPSA) is 137 Å². The van der Waals surface area contributed by atoms with Crippen LogP contribution in [-0.4, -0.2) is 34.0 Å². The van der Waals surface area contributed by atoms with Crippen molar-refractivity contribution in [2.45, 2.75) is 45.0 Å². The van der Waals surface area contributed by atoms with Crippen molar-refractivity contribution in [1.82, 2.24) is 25.3 Å². The Kier molecular flexibility index (Phi) is 7.08. The van der Waals surface area contributed by atoms with Crippen molar-refractivity contribution in [1.29, 1.82) is 0 Å². The zero-order chi connectivity index (χ0) is 24.2. The van der Waals surface area contributed by atoms with Gasteiger partial charge in [-0.15, -0.1) is 0 Å². The predicted molar refractivity (Wildman–Crippen MR) is 119 cm³/mol. The minimum absolute atomic E-state index is 0.119. The van der Waals surface area contributed by atoms with Crippen LogP contribution < -0.4 is 4.74 Å². The molecule has 0 aliphatic heterocycles. The largest absolute Gasteiger partial charge is 0.479 e. The summed E-state index contributed by atoms with van der Waals surface area (Å²) < 4.78 is 50.6. The van der Waals surface area contributed by atoms with Crippen molar-refractivity contribution >= 4 is 11.1 Å². The van der Waals surface area contributed by atoms with Crippen LogP contribution in [0.4, 0.5) is 4.39 Å². The van der Waals surface area contributed by atoms with E-state index in [0.717, 1.165) is 0 Å². The van der Waals surface area contributed by atoms with Crippen LogP contribution in [0, 0.1) is 5.82 Å². The van der Waals surface area contributed by atoms with Crippen LogP contribution in [0.1, 0.15) is 56.6 Å². The van der Waals surface area contributed by atoms with Crippen LogP contribution in [-0.2, 0) is 16.8 Å². The van der Waals surface area contributed by atoms with Gasteiger partial charge in [0.05, 0.1) is 11.9 Å². The lowest BCUT2D eigenvalue weighted by Gasteiger charge is -2.13. The van der Waals surface area contributed by atoms with Gasteiger partial charge in [-0.1, -0.05) is 43.2 Å². The zero-order valence-electron chi connectivity index (χ0n) is 18.6. The summed E-state index contributed by atoms with van der Waals surface area (Å²) in [5.74, 6) is 1.02. The summed E-state index contributed by atoms with van der Waals surface area (Å²) in [5, 5.41) is 7.86. The Labute approximate surface area is 196 Å². The first-order valence-electron chi connectivity index (χ1n) is 10.5. The molecular formula is C22H22FN5O5S. The lowest BCUT2D eigenvalue weighted by atomic mass is 10.1. The van der Waals surface area contributed by atoms with E-state index in [2.05, 4.69) is 25.3 Å². The molecule has 0 saturated heterocycles. The molecule has 0 aliphatic rings. The summed E-state index contributed by atoms with van der Waals surface area (Å²) >= 11 is -2.14. The van der Waals surface area contributed by atoms with Crippen molar-refractivity contribution < 1.29 is 26.9 Å². The van der Waals surface area contributed by atoms with Gasteiger partial charge in [-0.2, -0.15) is 9.97 Å². The van der Waals surface area contributed by atoms with Gasteiger partial charge in [-0.3, -0.25) is 0 Å². The average molecular weight is 488 g/mol. The van der Waals surface area contributed by atoms with Gasteiger partial charge in [0, 0.05) is 17.0 Å². The first-order valence-corrected chi connectivity index (χ1v) is 11.8. The average Bonchev–Trinajstić information content (AvgIpc) is 3.49. The number of hydrogen-bond acceptors (Lipinski definition) is 9. The van der Waals surface area contributed by atoms with E-state index in [1.54, 1.807) is 24.4 Å². The Morgan fingerprint density at radius 3 is 2.44 bits per heavy atom. The van der Waals surface area contributed by atoms with Crippen molar-refractivity contribution in [2.75, 3.05) is 0 Å². The Bertz CT molecular complexity index is 1290. The number of ether oxygens (including phenoxy) is 1. The van der Waals surface area contributed by atoms with Gasteiger partial charge >= 0.3 is 0 Å². The molecule has 34 heavy (non-hydrogen) atoms. The maximum absolute atomic E-state index is 14.2. The SMILES string of the molecule is CCC(Oc1ccc(-c2noc(C(C)C)n2)nc1)c1nc(-c2ccc(CS(=O)O)c(F)c2)no1. The first kappa shape index (κ1) is 23.6. The molecule has 0 radical (unpaired) electrons. The maximum Gasteiger partial charge on any atom is 0.268 e. The van der Waals surface area contributed by atoms with Gasteiger partial charge in [-0.05, 0) is 24.6 Å². The van der Waals surface area contributed by atoms with Gasteiger partial charge in [0.1, 0.15) is 17.3 Å². The van der Waals surface area contributed by atoms with Crippen molar-refractivity contribution in [2.24, 2.45) is 0 Å². The fraction of sp³-hybridized carbons (Fsp3) is 0.318. The van der Waals surface area contributed by atoms with Crippen molar-refractivity contribution in [3.8, 4) is 28.7 Å². The molecule has 0 fully saturated rings. The second-order valence-electron chi connectivity index (χ2n) is 7.73. The number of hydrogen-bond donors (Lipinski definition) is 1. The van der Waals surface area contributed by atoms with Crippen LogP contribution in [0.25, 0.3) is 22.9 Å². The minimum atomic E-state index is -2.14. The molecule has 0 amide bonds. The van der Waals surface area contributed by atoms with Gasteiger partial charge in [0.25, 0.3) is 5.89 Å². The molecule has 178 valence electrons. The van der Waals surface area contributed by atoms with Crippen molar-refractivity contribution in [3.63, 3.8) is 0 Å². The monoisotopic (exact) mass is 487 g/mol. The van der Waals surface area contributed by atoms with Crippen LogP contribution in [0.5, 0.6) is 5.75 Å². The van der Waals surface area contributed by atoms with E-state index in [1.807, 2.05) is 20.8 Å². The maximum atomic E-state index is 14.2. The normalized spacial score (nSPS) is 13.2. The second kappa shape index (κ2) is 10.2. The predicted octanol–water partition coefficient (Wildman–Crippen LogP) is 4.70. The lowest BCUT2D eigenvalue weighted by Crippen LogP contribution is -2.07. The Morgan fingerprint density at radius 1 is 1.09 bits per heavy atom. The molecule has 10 nitrogen and oxygen atoms in total. The van der Waals surface area contributed by atoms with E-state index >= 15 is 0 Å². The lowest BCUT2D eigenvalue weighted by molar-refractivity contribution is 0.154. The minimum Gasteiger partial charge on any atom is -0.479 e. The van der Waals surface area contributed by atoms with Crippen LogP contribution >= 0.6 is 0 Å². The van der Waals surface area contributed by atoms with Gasteiger partial charge in [0.15, 0.2) is 17.2 Å². The number of aromatic nitrogens is 5. The molecule has 4 rings (SSSR count). The van der Waals surface area contributed by atoms with Gasteiger partial charge in [0.2, 0.25) is 17.5 Å². The zero-order valence-corrected chi connectivity index (χ0v) is 19.5. The van der Waals surface area contributed by atoms with Crippen LogP contribution in [0.2, 0.25) is 0 Å². The fourth-order valence-electron chi connectivity index (χ4n) is 3.05. The molecule has 1 N–H and O–H groups in total. The van der Waals surface area contributed by atoms with Crippen LogP contribution in [0.3, 0.4) is 0 Å². The Morgan fingerprint density at radius 2 is 1.82 bits per heavy atom. The quantitative estimate of drug-likeness (QED) is 0.331. The highest BCUT2D eigenvalue weighted by molar-refractivity contribution is 7.78. The summed E-state index contributed by atoms with van der Waals surface area (Å²) in [6.07, 6.45) is 1.52. The standard InChI is InChI=1S/C22H22FN5O5S/c1-4-18(31-15-7-8-17(24-10-15)20-26-21(12(2)3)32-28-20)22-25-19(27-33-22)13-5-6-14(11-34(29)30)16(23)9-13/h5-10,12,18H,4,11H2,1-3H3,(H,29,30). The molecular weight excluding hydrogens is 465 g/mol. The Hall–Kier alpha value is -3.51. The summed E-state index contributed by atoms with van der Waals surface area (Å²) in [7, 11) is 0. The molecule has 0 aliphatic carbocycles. The van der Waals surface area contributed by atoms with Gasteiger partial charge in [-0.25, -0.2) is 13.6 Å². The smallest absolute Gasteiger partial charge is 0.268 e. The molecule has 0 bridgehead atoms. The van der Waals surface area contributed by atoms with Crippen LogP contribution in [0.15, 0.2) is 45.6 Å². The van der Waals surface area contributed by atoms with Crippen molar-refractivity contribution in [3.05, 3.63) is 59.7 Å². The Balaban J connectivity index is 1.47. The summed E-state index contributed by atoms with van der Waals surface area (Å²) in [6.45, 7) is 5.82. The van der Waals surface area contributed by atoms with E-state index in [9.17, 15) is 8.60 Å². The molecule has 2 atom stereocenters. The van der Waals surface area contributed by atoms with E-state index < -0.39 is 23.0 Å². The second-order valence-corrected chi connectivity index (χ2v) is 8.66. The molecule has 12 heteroatoms. The van der Waals surface area contributed by atoms with Gasteiger partial charge < -0.3 is 18.3 Å². The highest BCUT2D eigenvalue weighted by Crippen LogP contribution is 2.27. The van der Waals surface area contributed by atoms with E-state index in [0.29, 0.717) is 35.1 Å². The third-order valence-corrected chi connectivity index (χ3v) is 5.42. The van der Waals surface area contributed by atoms with E-state index in [1.165, 1.54) is 12.1 Å². The molecule has 2 unspecified atom stereocenters. The number of halogens is 1. The molecule has 0 spiro atoms. The van der Waals surface area contributed by atoms with E-state index in [-0.39, 0.29) is 28.9 Å². The first-order chi connectivity index (χ1) is 16.3. The van der Waals surface area contributed by atoms with E-state index in [4.69, 9.17) is 18.3 Å².